The van der Waals surface area contributed by atoms with Gasteiger partial charge in [-0.2, -0.15) is 4.98 Å². The van der Waals surface area contributed by atoms with Crippen LogP contribution in [-0.4, -0.2) is 63.4 Å². The Morgan fingerprint density at radius 3 is 2.29 bits per heavy atom. The second kappa shape index (κ2) is 23.2. The Morgan fingerprint density at radius 2 is 1.61 bits per heavy atom. The van der Waals surface area contributed by atoms with Gasteiger partial charge in [0.2, 0.25) is 17.8 Å². The number of carbonyl (C=O) groups is 4. The zero-order chi connectivity index (χ0) is 42.6. The first-order valence-corrected chi connectivity index (χ1v) is 20.8. The van der Waals surface area contributed by atoms with Crippen LogP contribution >= 0.6 is 7.60 Å². The monoisotopic (exact) mass is 828 g/mol. The summed E-state index contributed by atoms with van der Waals surface area (Å²) in [4.78, 5) is 72.6. The van der Waals surface area contributed by atoms with Crippen molar-refractivity contribution >= 4 is 60.2 Å². The highest BCUT2D eigenvalue weighted by atomic mass is 31.2. The summed E-state index contributed by atoms with van der Waals surface area (Å²) >= 11 is 0. The van der Waals surface area contributed by atoms with Gasteiger partial charge in [0.15, 0.2) is 11.2 Å². The molecule has 312 valence electrons. The fraction of sp³-hybridized carbons (Fsp3) is 0.317. The summed E-state index contributed by atoms with van der Waals surface area (Å²) < 4.78 is 28.6. The number of aldehydes is 1. The number of ether oxygens (including phenoxy) is 1. The van der Waals surface area contributed by atoms with Crippen molar-refractivity contribution in [3.63, 3.8) is 0 Å². The summed E-state index contributed by atoms with van der Waals surface area (Å²) in [7, 11) is -2.98. The maximum Gasteiger partial charge on any atom is 0.345 e. The van der Waals surface area contributed by atoms with E-state index in [4.69, 9.17) is 25.3 Å². The minimum absolute atomic E-state index is 0.00258. The number of benzene rings is 3. The molecule has 0 fully saturated rings. The predicted molar refractivity (Wildman–Crippen MR) is 224 cm³/mol. The third kappa shape index (κ3) is 14.9. The van der Waals surface area contributed by atoms with Crippen LogP contribution in [0.1, 0.15) is 84.3 Å². The molecule has 59 heavy (non-hydrogen) atoms. The lowest BCUT2D eigenvalue weighted by molar-refractivity contribution is -0.116. The maximum atomic E-state index is 12.7. The fourth-order valence-corrected chi connectivity index (χ4v) is 7.32. The molecule has 0 atom stereocenters. The number of aryl methyl sites for hydroxylation is 1. The predicted octanol–water partition coefficient (Wildman–Crippen LogP) is 6.20. The van der Waals surface area contributed by atoms with Gasteiger partial charge >= 0.3 is 13.6 Å². The second-order valence-corrected chi connectivity index (χ2v) is 15.1. The number of nitrogens with zero attached hydrogens (tertiary/aromatic N) is 3. The molecule has 2 aromatic heterocycles. The number of primary amides is 1. The van der Waals surface area contributed by atoms with Crippen LogP contribution in [0.2, 0.25) is 0 Å². The summed E-state index contributed by atoms with van der Waals surface area (Å²) in [6, 6.07) is 20.6. The number of fused-ring (bicyclic) bond motifs is 1. The number of H-pyrrole nitrogens is 1. The summed E-state index contributed by atoms with van der Waals surface area (Å²) in [5.74, 6) is -0.912. The molecule has 18 heteroatoms. The van der Waals surface area contributed by atoms with Gasteiger partial charge in [0.1, 0.15) is 12.0 Å². The maximum absolute atomic E-state index is 12.7. The Labute approximate surface area is 341 Å². The van der Waals surface area contributed by atoms with E-state index in [-0.39, 0.29) is 35.0 Å². The highest BCUT2D eigenvalue weighted by molar-refractivity contribution is 7.53. The van der Waals surface area contributed by atoms with Crippen LogP contribution < -0.4 is 32.4 Å². The van der Waals surface area contributed by atoms with Gasteiger partial charge in [-0.3, -0.25) is 23.9 Å². The van der Waals surface area contributed by atoms with Gasteiger partial charge in [0.05, 0.1) is 49.1 Å². The SMILES string of the molecule is CCOP(=O)(CCCCCc1ccc(OC(=O)c2ccccc2NC(=O)CCCC=O)cc1)OCC.NC(=O)c1ccc(NCc2cnc3nc(N)[nH]c(=O)c3n2)cc1. The van der Waals surface area contributed by atoms with Crippen LogP contribution in [0.15, 0.2) is 83.8 Å². The molecule has 2 amide bonds. The molecule has 0 saturated carbocycles. The highest BCUT2D eigenvalue weighted by Crippen LogP contribution is 2.48. The van der Waals surface area contributed by atoms with Crippen molar-refractivity contribution in [3.05, 3.63) is 112 Å². The molecule has 0 radical (unpaired) electrons. The molecular formula is C41H49N8O9P. The molecule has 0 aliphatic rings. The Morgan fingerprint density at radius 1 is 0.898 bits per heavy atom. The number of anilines is 3. The van der Waals surface area contributed by atoms with Crippen LogP contribution in [0.5, 0.6) is 5.75 Å². The number of carbonyl (C=O) groups excluding carboxylic acids is 4. The molecule has 17 nitrogen and oxygen atoms in total. The number of aromatic amines is 1. The van der Waals surface area contributed by atoms with Crippen LogP contribution in [0.25, 0.3) is 11.2 Å². The molecule has 0 spiro atoms. The Kier molecular flexibility index (Phi) is 17.9. The molecule has 0 aliphatic heterocycles. The molecule has 0 bridgehead atoms. The number of esters is 1. The van der Waals surface area contributed by atoms with E-state index in [1.165, 1.54) is 6.20 Å². The van der Waals surface area contributed by atoms with E-state index in [0.717, 1.165) is 43.2 Å². The molecule has 5 rings (SSSR count). The summed E-state index contributed by atoms with van der Waals surface area (Å²) in [6.07, 6.45) is 7.12. The zero-order valence-electron chi connectivity index (χ0n) is 33.0. The van der Waals surface area contributed by atoms with Crippen molar-refractivity contribution < 1.29 is 37.5 Å². The first-order valence-electron chi connectivity index (χ1n) is 19.1. The minimum atomic E-state index is -2.98. The molecule has 5 aromatic rings. The van der Waals surface area contributed by atoms with Crippen LogP contribution in [0, 0.1) is 0 Å². The first-order chi connectivity index (χ1) is 28.4. The smallest absolute Gasteiger partial charge is 0.345 e. The number of aromatic nitrogens is 4. The molecule has 0 unspecified atom stereocenters. The number of amides is 2. The van der Waals surface area contributed by atoms with E-state index in [0.29, 0.717) is 61.5 Å². The third-order valence-electron chi connectivity index (χ3n) is 8.46. The lowest BCUT2D eigenvalue weighted by Gasteiger charge is -2.16. The van der Waals surface area contributed by atoms with Crippen LogP contribution in [0.3, 0.4) is 0 Å². The average Bonchev–Trinajstić information content (AvgIpc) is 3.21. The molecule has 3 aromatic carbocycles. The van der Waals surface area contributed by atoms with Gasteiger partial charge < -0.3 is 40.7 Å². The van der Waals surface area contributed by atoms with Crippen LogP contribution in [0.4, 0.5) is 17.3 Å². The zero-order valence-corrected chi connectivity index (χ0v) is 33.9. The molecular weight excluding hydrogens is 779 g/mol. The fourth-order valence-electron chi connectivity index (χ4n) is 5.59. The van der Waals surface area contributed by atoms with E-state index in [9.17, 15) is 28.5 Å². The number of hydrogen-bond acceptors (Lipinski definition) is 14. The average molecular weight is 829 g/mol. The topological polar surface area (TPSA) is 261 Å². The van der Waals surface area contributed by atoms with E-state index in [1.54, 1.807) is 60.7 Å². The second-order valence-electron chi connectivity index (χ2n) is 12.9. The van der Waals surface area contributed by atoms with Gasteiger partial charge in [-0.05, 0) is 93.6 Å². The first kappa shape index (κ1) is 45.4. The Hall–Kier alpha value is -6.29. The summed E-state index contributed by atoms with van der Waals surface area (Å²) in [6.45, 7) is 4.71. The van der Waals surface area contributed by atoms with Gasteiger partial charge in [-0.15, -0.1) is 0 Å². The summed E-state index contributed by atoms with van der Waals surface area (Å²) in [5.41, 5.74) is 14.0. The van der Waals surface area contributed by atoms with Crippen molar-refractivity contribution in [2.24, 2.45) is 5.73 Å². The third-order valence-corrected chi connectivity index (χ3v) is 10.6. The lowest BCUT2D eigenvalue weighted by Crippen LogP contribution is -2.16. The van der Waals surface area contributed by atoms with Gasteiger partial charge in [0, 0.05) is 24.1 Å². The van der Waals surface area contributed by atoms with Gasteiger partial charge in [-0.1, -0.05) is 30.7 Å². The molecule has 0 aliphatic carbocycles. The lowest BCUT2D eigenvalue weighted by atomic mass is 10.1. The molecule has 7 N–H and O–H groups in total. The number of unbranched alkanes of at least 4 members (excludes halogenated alkanes) is 3. The Balaban J connectivity index is 0.000000286. The van der Waals surface area contributed by atoms with Crippen molar-refractivity contribution in [2.45, 2.75) is 65.3 Å². The van der Waals surface area contributed by atoms with Gasteiger partial charge in [0.25, 0.3) is 5.56 Å². The number of rotatable bonds is 21. The quantitative estimate of drug-likeness (QED) is 0.0181. The number of nitrogens with two attached hydrogens (primary N) is 2. The Bertz CT molecular complexity index is 2280. The van der Waals surface area contributed by atoms with E-state index < -0.39 is 25.0 Å². The van der Waals surface area contributed by atoms with Crippen molar-refractivity contribution in [1.82, 2.24) is 19.9 Å². The van der Waals surface area contributed by atoms with Crippen molar-refractivity contribution in [2.75, 3.05) is 35.7 Å². The number of nitrogen functional groups attached to an aromatic ring is 1. The van der Waals surface area contributed by atoms with Crippen LogP contribution in [-0.2, 0) is 36.2 Å². The van der Waals surface area contributed by atoms with Crippen molar-refractivity contribution in [3.8, 4) is 5.75 Å². The number of para-hydroxylation sites is 1. The van der Waals surface area contributed by atoms with Gasteiger partial charge in [-0.25, -0.2) is 14.8 Å². The molecule has 2 heterocycles. The standard InChI is InChI=1S/C27H36NO7P.C14H13N7O2/c1-3-33-36(32,34-4-2)21-11-5-6-12-22-16-18-23(19-17-22)35-27(31)24-13-7-8-14-25(24)28-26(30)15-9-10-20-29;15-11(22)7-1-3-8(4-2-7)17-5-9-6-18-12-10(19-9)13(23)21-14(16)20-12/h7-8,13-14,16-20H,3-6,9-12,15,21H2,1-2H3,(H,28,30);1-4,6,17H,5H2,(H2,15,22)(H3,16,18,20,21,23). The summed E-state index contributed by atoms with van der Waals surface area (Å²) in [5, 5.41) is 5.82. The van der Waals surface area contributed by atoms with E-state index in [1.807, 2.05) is 26.0 Å². The van der Waals surface area contributed by atoms with E-state index >= 15 is 0 Å². The number of hydrogen-bond donors (Lipinski definition) is 5. The van der Waals surface area contributed by atoms with E-state index in [2.05, 4.69) is 30.6 Å². The minimum Gasteiger partial charge on any atom is -0.423 e. The highest BCUT2D eigenvalue weighted by Gasteiger charge is 2.22. The normalized spacial score (nSPS) is 10.9. The molecule has 0 saturated heterocycles. The largest absolute Gasteiger partial charge is 0.423 e. The van der Waals surface area contributed by atoms with Crippen molar-refractivity contribution in [1.29, 1.82) is 0 Å². The number of nitrogens with one attached hydrogen (secondary N) is 3.